The molecule has 28 heavy (non-hydrogen) atoms. The van der Waals surface area contributed by atoms with Gasteiger partial charge in [0.05, 0.1) is 41.6 Å². The molecule has 8 heteroatoms. The molecule has 0 atom stereocenters. The maximum atomic E-state index is 12.6. The Labute approximate surface area is 161 Å². The van der Waals surface area contributed by atoms with Crippen molar-refractivity contribution in [3.63, 3.8) is 0 Å². The fourth-order valence-electron chi connectivity index (χ4n) is 3.53. The third-order valence-corrected chi connectivity index (χ3v) is 5.26. The van der Waals surface area contributed by atoms with Crippen molar-refractivity contribution < 1.29 is 4.79 Å². The summed E-state index contributed by atoms with van der Waals surface area (Å²) in [6, 6.07) is 7.21. The van der Waals surface area contributed by atoms with Crippen LogP contribution in [0.5, 0.6) is 0 Å². The Morgan fingerprint density at radius 1 is 1.14 bits per heavy atom. The lowest BCUT2D eigenvalue weighted by atomic mass is 10.2. The van der Waals surface area contributed by atoms with E-state index in [0.717, 1.165) is 0 Å². The Kier molecular flexibility index (Phi) is 4.54. The van der Waals surface area contributed by atoms with Crippen molar-refractivity contribution in [1.29, 1.82) is 0 Å². The molecule has 0 spiro atoms. The van der Waals surface area contributed by atoms with Crippen LogP contribution in [-0.2, 0) is 31.5 Å². The lowest BCUT2D eigenvalue weighted by molar-refractivity contribution is -0.132. The highest BCUT2D eigenvalue weighted by molar-refractivity contribution is 5.77. The predicted molar refractivity (Wildman–Crippen MR) is 104 cm³/mol. The number of rotatable bonds is 4. The summed E-state index contributed by atoms with van der Waals surface area (Å²) in [4.78, 5) is 47.8. The van der Waals surface area contributed by atoms with Crippen LogP contribution < -0.4 is 11.1 Å². The van der Waals surface area contributed by atoms with E-state index in [2.05, 4.69) is 9.97 Å². The molecule has 8 nitrogen and oxygen atoms in total. The summed E-state index contributed by atoms with van der Waals surface area (Å²) in [6.45, 7) is 2.86. The van der Waals surface area contributed by atoms with Crippen molar-refractivity contribution >= 4 is 16.8 Å². The van der Waals surface area contributed by atoms with Gasteiger partial charge in [0.25, 0.3) is 11.1 Å². The van der Waals surface area contributed by atoms with Gasteiger partial charge in [-0.15, -0.1) is 0 Å². The monoisotopic (exact) mass is 379 g/mol. The smallest absolute Gasteiger partial charge is 0.261 e. The van der Waals surface area contributed by atoms with Crippen molar-refractivity contribution in [3.05, 3.63) is 68.4 Å². The molecule has 0 saturated heterocycles. The van der Waals surface area contributed by atoms with Crippen molar-refractivity contribution in [3.8, 4) is 0 Å². The zero-order chi connectivity index (χ0) is 19.8. The molecule has 0 fully saturated rings. The number of fused-ring (bicyclic) bond motifs is 2. The van der Waals surface area contributed by atoms with Gasteiger partial charge in [-0.2, -0.15) is 0 Å². The topological polar surface area (TPSA) is 90.1 Å². The minimum Gasteiger partial charge on any atom is -0.332 e. The summed E-state index contributed by atoms with van der Waals surface area (Å²) in [7, 11) is 1.69. The Bertz CT molecular complexity index is 1190. The van der Waals surface area contributed by atoms with Gasteiger partial charge in [0.15, 0.2) is 0 Å². The molecule has 0 bridgehead atoms. The van der Waals surface area contributed by atoms with E-state index in [0.29, 0.717) is 60.5 Å². The molecule has 0 N–H and O–H groups in total. The Morgan fingerprint density at radius 2 is 1.93 bits per heavy atom. The normalized spacial score (nSPS) is 13.1. The van der Waals surface area contributed by atoms with E-state index in [1.165, 1.54) is 15.5 Å². The second kappa shape index (κ2) is 7.03. The molecular weight excluding hydrogens is 358 g/mol. The van der Waals surface area contributed by atoms with Gasteiger partial charge >= 0.3 is 0 Å². The number of carbonyl (C=O) groups is 1. The van der Waals surface area contributed by atoms with Gasteiger partial charge in [-0.05, 0) is 25.5 Å². The Hall–Kier alpha value is -3.29. The summed E-state index contributed by atoms with van der Waals surface area (Å²) < 4.78 is 3.04. The van der Waals surface area contributed by atoms with E-state index < -0.39 is 0 Å². The molecule has 0 unspecified atom stereocenters. The van der Waals surface area contributed by atoms with E-state index >= 15 is 0 Å². The van der Waals surface area contributed by atoms with Crippen LogP contribution >= 0.6 is 0 Å². The summed E-state index contributed by atoms with van der Waals surface area (Å²) in [5.74, 6) is 0.598. The fourth-order valence-corrected chi connectivity index (χ4v) is 3.53. The van der Waals surface area contributed by atoms with Gasteiger partial charge in [-0.25, -0.2) is 9.97 Å². The molecule has 1 amide bonds. The number of benzene rings is 1. The van der Waals surface area contributed by atoms with Crippen molar-refractivity contribution in [2.45, 2.75) is 39.4 Å². The zero-order valence-electron chi connectivity index (χ0n) is 15.9. The molecule has 1 aliphatic heterocycles. The van der Waals surface area contributed by atoms with Crippen LogP contribution in [0.2, 0.25) is 0 Å². The van der Waals surface area contributed by atoms with Gasteiger partial charge in [-0.1, -0.05) is 12.1 Å². The number of hydrogen-bond donors (Lipinski definition) is 0. The first-order chi connectivity index (χ1) is 13.5. The molecule has 0 aliphatic carbocycles. The summed E-state index contributed by atoms with van der Waals surface area (Å²) >= 11 is 0. The summed E-state index contributed by atoms with van der Waals surface area (Å²) in [6.07, 6.45) is 2.35. The third-order valence-electron chi connectivity index (χ3n) is 5.26. The van der Waals surface area contributed by atoms with E-state index in [1.807, 2.05) is 12.1 Å². The maximum absolute atomic E-state index is 12.6. The molecule has 2 aromatic heterocycles. The predicted octanol–water partition coefficient (Wildman–Crippen LogP) is 1.12. The third kappa shape index (κ3) is 3.11. The van der Waals surface area contributed by atoms with Crippen LogP contribution in [0.25, 0.3) is 10.9 Å². The minimum atomic E-state index is -0.102. The molecule has 3 heterocycles. The van der Waals surface area contributed by atoms with Crippen LogP contribution in [0.3, 0.4) is 0 Å². The lowest BCUT2D eigenvalue weighted by Gasteiger charge is -2.15. The second-order valence-electron chi connectivity index (χ2n) is 7.06. The first-order valence-corrected chi connectivity index (χ1v) is 9.23. The molecule has 4 rings (SSSR count). The van der Waals surface area contributed by atoms with E-state index in [4.69, 9.17) is 0 Å². The fraction of sp³-hybridized carbons (Fsp3) is 0.350. The molecule has 1 aromatic carbocycles. The first-order valence-electron chi connectivity index (χ1n) is 9.23. The van der Waals surface area contributed by atoms with E-state index in [9.17, 15) is 14.4 Å². The maximum Gasteiger partial charge on any atom is 0.261 e. The van der Waals surface area contributed by atoms with Crippen molar-refractivity contribution in [2.24, 2.45) is 7.05 Å². The lowest BCUT2D eigenvalue weighted by Crippen LogP contribution is -2.28. The summed E-state index contributed by atoms with van der Waals surface area (Å²) in [5, 5.41) is 0.573. The minimum absolute atomic E-state index is 0.0421. The molecule has 1 aliphatic rings. The molecule has 0 radical (unpaired) electrons. The van der Waals surface area contributed by atoms with Crippen molar-refractivity contribution in [1.82, 2.24) is 24.0 Å². The van der Waals surface area contributed by atoms with E-state index in [1.54, 1.807) is 31.0 Å². The SMILES string of the molecule is Cc1nc2c(c(=O)n1C)CN(C(=O)CCCn1cnc3ccccc3c1=O)C2. The van der Waals surface area contributed by atoms with E-state index in [-0.39, 0.29) is 17.0 Å². The average molecular weight is 379 g/mol. The Morgan fingerprint density at radius 3 is 2.75 bits per heavy atom. The van der Waals surface area contributed by atoms with Gasteiger partial charge in [0.2, 0.25) is 5.91 Å². The van der Waals surface area contributed by atoms with Crippen LogP contribution in [-0.4, -0.2) is 29.9 Å². The standard InChI is InChI=1S/C20H21N5O3/c1-13-22-17-11-25(10-15(17)19(27)23(13)2)18(26)8-5-9-24-12-21-16-7-4-3-6-14(16)20(24)28/h3-4,6-7,12H,5,8-11H2,1-2H3. The molecule has 3 aromatic rings. The number of para-hydroxylation sites is 1. The number of aryl methyl sites for hydroxylation is 2. The summed E-state index contributed by atoms with van der Waals surface area (Å²) in [5.41, 5.74) is 1.75. The average Bonchev–Trinajstić information content (AvgIpc) is 3.12. The largest absolute Gasteiger partial charge is 0.332 e. The highest BCUT2D eigenvalue weighted by Crippen LogP contribution is 2.19. The number of amides is 1. The number of nitrogens with zero attached hydrogens (tertiary/aromatic N) is 5. The first kappa shape index (κ1) is 18.1. The number of aromatic nitrogens is 4. The molecule has 144 valence electrons. The number of hydrogen-bond acceptors (Lipinski definition) is 5. The number of carbonyl (C=O) groups excluding carboxylic acids is 1. The van der Waals surface area contributed by atoms with Gasteiger partial charge in [0, 0.05) is 20.0 Å². The molecular formula is C20H21N5O3. The van der Waals surface area contributed by atoms with Gasteiger partial charge in [-0.3, -0.25) is 23.5 Å². The Balaban J connectivity index is 1.41. The highest BCUT2D eigenvalue weighted by atomic mass is 16.2. The van der Waals surface area contributed by atoms with Crippen LogP contribution in [0, 0.1) is 6.92 Å². The zero-order valence-corrected chi connectivity index (χ0v) is 15.9. The van der Waals surface area contributed by atoms with Gasteiger partial charge in [0.1, 0.15) is 5.82 Å². The van der Waals surface area contributed by atoms with Crippen LogP contribution in [0.4, 0.5) is 0 Å². The second-order valence-corrected chi connectivity index (χ2v) is 7.06. The van der Waals surface area contributed by atoms with Gasteiger partial charge < -0.3 is 4.90 Å². The quantitative estimate of drug-likeness (QED) is 0.678. The van der Waals surface area contributed by atoms with Crippen molar-refractivity contribution in [2.75, 3.05) is 0 Å². The van der Waals surface area contributed by atoms with Crippen LogP contribution in [0.1, 0.15) is 29.9 Å². The molecule has 0 saturated carbocycles. The highest BCUT2D eigenvalue weighted by Gasteiger charge is 2.27. The van der Waals surface area contributed by atoms with Crippen LogP contribution in [0.15, 0.2) is 40.2 Å².